The Hall–Kier alpha value is -2.62. The van der Waals surface area contributed by atoms with E-state index in [2.05, 4.69) is 5.32 Å². The van der Waals surface area contributed by atoms with E-state index in [-0.39, 0.29) is 12.3 Å². The van der Waals surface area contributed by atoms with Gasteiger partial charge in [0.1, 0.15) is 0 Å². The van der Waals surface area contributed by atoms with Gasteiger partial charge in [0.2, 0.25) is 5.91 Å². The SMILES string of the molecule is Cc1ccccc1CCC(=O)NC(CC(=O)O)c1ccccc1. The van der Waals surface area contributed by atoms with E-state index >= 15 is 0 Å². The molecule has 0 fully saturated rings. The van der Waals surface area contributed by atoms with E-state index < -0.39 is 12.0 Å². The van der Waals surface area contributed by atoms with E-state index in [1.165, 1.54) is 0 Å². The molecule has 2 rings (SSSR count). The van der Waals surface area contributed by atoms with Gasteiger partial charge in [-0.05, 0) is 30.0 Å². The highest BCUT2D eigenvalue weighted by Gasteiger charge is 2.17. The predicted octanol–water partition coefficient (Wildman–Crippen LogP) is 3.26. The molecular weight excluding hydrogens is 290 g/mol. The van der Waals surface area contributed by atoms with Crippen LogP contribution in [0.2, 0.25) is 0 Å². The Morgan fingerprint density at radius 3 is 2.35 bits per heavy atom. The van der Waals surface area contributed by atoms with Crippen molar-refractivity contribution < 1.29 is 14.7 Å². The summed E-state index contributed by atoms with van der Waals surface area (Å²) in [6, 6.07) is 16.6. The molecule has 0 saturated carbocycles. The number of carbonyl (C=O) groups is 2. The first-order chi connectivity index (χ1) is 11.1. The normalized spacial score (nSPS) is 11.7. The lowest BCUT2D eigenvalue weighted by Crippen LogP contribution is -2.30. The number of carbonyl (C=O) groups excluding carboxylic acids is 1. The molecule has 2 N–H and O–H groups in total. The summed E-state index contributed by atoms with van der Waals surface area (Å²) in [7, 11) is 0. The van der Waals surface area contributed by atoms with Crippen LogP contribution in [0.1, 0.15) is 35.6 Å². The van der Waals surface area contributed by atoms with Crippen LogP contribution in [-0.2, 0) is 16.0 Å². The lowest BCUT2D eigenvalue weighted by atomic mass is 10.0. The Labute approximate surface area is 136 Å². The fraction of sp³-hybridized carbons (Fsp3) is 0.263. The highest BCUT2D eigenvalue weighted by molar-refractivity contribution is 5.78. The van der Waals surface area contributed by atoms with Crippen molar-refractivity contribution in [3.05, 3.63) is 71.3 Å². The van der Waals surface area contributed by atoms with E-state index in [4.69, 9.17) is 5.11 Å². The Morgan fingerprint density at radius 2 is 1.70 bits per heavy atom. The lowest BCUT2D eigenvalue weighted by molar-refractivity contribution is -0.137. The fourth-order valence-electron chi connectivity index (χ4n) is 2.52. The maximum Gasteiger partial charge on any atom is 0.305 e. The molecule has 0 spiro atoms. The number of hydrogen-bond donors (Lipinski definition) is 2. The van der Waals surface area contributed by atoms with E-state index in [0.29, 0.717) is 12.8 Å². The summed E-state index contributed by atoms with van der Waals surface area (Å²) < 4.78 is 0. The quantitative estimate of drug-likeness (QED) is 0.825. The molecule has 4 heteroatoms. The number of nitrogens with one attached hydrogen (secondary N) is 1. The van der Waals surface area contributed by atoms with Crippen LogP contribution in [0, 0.1) is 6.92 Å². The summed E-state index contributed by atoms with van der Waals surface area (Å²) in [6.45, 7) is 2.02. The zero-order valence-corrected chi connectivity index (χ0v) is 13.2. The molecule has 1 unspecified atom stereocenters. The number of aliphatic carboxylic acids is 1. The molecule has 23 heavy (non-hydrogen) atoms. The first kappa shape index (κ1) is 16.7. The van der Waals surface area contributed by atoms with Gasteiger partial charge in [0.25, 0.3) is 0 Å². The first-order valence-corrected chi connectivity index (χ1v) is 7.67. The van der Waals surface area contributed by atoms with Gasteiger partial charge < -0.3 is 10.4 Å². The second-order valence-corrected chi connectivity index (χ2v) is 5.56. The topological polar surface area (TPSA) is 66.4 Å². The minimum atomic E-state index is -0.932. The van der Waals surface area contributed by atoms with Gasteiger partial charge in [-0.25, -0.2) is 0 Å². The molecule has 0 aliphatic rings. The summed E-state index contributed by atoms with van der Waals surface area (Å²) in [4.78, 5) is 23.2. The van der Waals surface area contributed by atoms with Crippen molar-refractivity contribution in [1.29, 1.82) is 0 Å². The van der Waals surface area contributed by atoms with Gasteiger partial charge in [-0.2, -0.15) is 0 Å². The van der Waals surface area contributed by atoms with Crippen molar-refractivity contribution in [2.75, 3.05) is 0 Å². The number of carboxylic acid groups (broad SMARTS) is 1. The highest BCUT2D eigenvalue weighted by Crippen LogP contribution is 2.17. The number of aryl methyl sites for hydroxylation is 2. The molecule has 4 nitrogen and oxygen atoms in total. The number of carboxylic acids is 1. The van der Waals surface area contributed by atoms with Crippen LogP contribution in [0.3, 0.4) is 0 Å². The third-order valence-corrected chi connectivity index (χ3v) is 3.80. The molecule has 0 radical (unpaired) electrons. The number of hydrogen-bond acceptors (Lipinski definition) is 2. The molecular formula is C19H21NO3. The monoisotopic (exact) mass is 311 g/mol. The molecule has 0 aromatic heterocycles. The van der Waals surface area contributed by atoms with Crippen LogP contribution in [0.15, 0.2) is 54.6 Å². The van der Waals surface area contributed by atoms with E-state index in [1.54, 1.807) is 0 Å². The van der Waals surface area contributed by atoms with Crippen molar-refractivity contribution in [2.24, 2.45) is 0 Å². The van der Waals surface area contributed by atoms with Gasteiger partial charge in [0.15, 0.2) is 0 Å². The summed E-state index contributed by atoms with van der Waals surface area (Å²) in [6.07, 6.45) is 0.862. The zero-order valence-electron chi connectivity index (χ0n) is 13.2. The molecule has 0 heterocycles. The molecule has 0 aliphatic heterocycles. The van der Waals surface area contributed by atoms with E-state index in [0.717, 1.165) is 16.7 Å². The Kier molecular flexibility index (Phi) is 5.92. The van der Waals surface area contributed by atoms with Gasteiger partial charge in [0.05, 0.1) is 12.5 Å². The molecule has 0 bridgehead atoms. The highest BCUT2D eigenvalue weighted by atomic mass is 16.4. The molecule has 2 aromatic rings. The molecule has 120 valence electrons. The van der Waals surface area contributed by atoms with Gasteiger partial charge in [-0.15, -0.1) is 0 Å². The van der Waals surface area contributed by atoms with Gasteiger partial charge in [0, 0.05) is 6.42 Å². The number of rotatable bonds is 7. The minimum Gasteiger partial charge on any atom is -0.481 e. The fourth-order valence-corrected chi connectivity index (χ4v) is 2.52. The summed E-state index contributed by atoms with van der Waals surface area (Å²) >= 11 is 0. The third kappa shape index (κ3) is 5.25. The first-order valence-electron chi connectivity index (χ1n) is 7.67. The average molecular weight is 311 g/mol. The van der Waals surface area contributed by atoms with Crippen molar-refractivity contribution >= 4 is 11.9 Å². The minimum absolute atomic E-state index is 0.125. The van der Waals surface area contributed by atoms with Crippen molar-refractivity contribution in [1.82, 2.24) is 5.32 Å². The van der Waals surface area contributed by atoms with Crippen LogP contribution < -0.4 is 5.32 Å². The second-order valence-electron chi connectivity index (χ2n) is 5.56. The Bertz CT molecular complexity index is 667. The van der Waals surface area contributed by atoms with Crippen LogP contribution in [0.5, 0.6) is 0 Å². The Balaban J connectivity index is 1.98. The van der Waals surface area contributed by atoms with Gasteiger partial charge in [-0.1, -0.05) is 54.6 Å². The van der Waals surface area contributed by atoms with Crippen LogP contribution in [0.4, 0.5) is 0 Å². The largest absolute Gasteiger partial charge is 0.481 e. The smallest absolute Gasteiger partial charge is 0.305 e. The maximum absolute atomic E-state index is 12.2. The van der Waals surface area contributed by atoms with Gasteiger partial charge >= 0.3 is 5.97 Å². The molecule has 1 atom stereocenters. The van der Waals surface area contributed by atoms with E-state index in [1.807, 2.05) is 61.5 Å². The molecule has 0 aliphatic carbocycles. The summed E-state index contributed by atoms with van der Waals surface area (Å²) in [5.41, 5.74) is 3.10. The van der Waals surface area contributed by atoms with Crippen molar-refractivity contribution in [2.45, 2.75) is 32.2 Å². The predicted molar refractivity (Wildman–Crippen MR) is 89.1 cm³/mol. The zero-order chi connectivity index (χ0) is 16.7. The molecule has 1 amide bonds. The summed E-state index contributed by atoms with van der Waals surface area (Å²) in [5.74, 6) is -1.07. The standard InChI is InChI=1S/C19H21NO3/c1-14-7-5-6-8-15(14)11-12-18(21)20-17(13-19(22)23)16-9-3-2-4-10-16/h2-10,17H,11-13H2,1H3,(H,20,21)(H,22,23). The average Bonchev–Trinajstić information content (AvgIpc) is 2.54. The molecule has 0 saturated heterocycles. The third-order valence-electron chi connectivity index (χ3n) is 3.80. The lowest BCUT2D eigenvalue weighted by Gasteiger charge is -2.17. The number of benzene rings is 2. The van der Waals surface area contributed by atoms with Gasteiger partial charge in [-0.3, -0.25) is 9.59 Å². The van der Waals surface area contributed by atoms with Crippen LogP contribution >= 0.6 is 0 Å². The molecule has 2 aromatic carbocycles. The Morgan fingerprint density at radius 1 is 1.04 bits per heavy atom. The van der Waals surface area contributed by atoms with Crippen LogP contribution in [0.25, 0.3) is 0 Å². The van der Waals surface area contributed by atoms with Crippen LogP contribution in [-0.4, -0.2) is 17.0 Å². The van der Waals surface area contributed by atoms with Crippen molar-refractivity contribution in [3.63, 3.8) is 0 Å². The van der Waals surface area contributed by atoms with Crippen molar-refractivity contribution in [3.8, 4) is 0 Å². The second kappa shape index (κ2) is 8.13. The summed E-state index contributed by atoms with van der Waals surface area (Å²) in [5, 5.41) is 11.9. The number of amides is 1. The van der Waals surface area contributed by atoms with E-state index in [9.17, 15) is 9.59 Å². The maximum atomic E-state index is 12.2.